The predicted molar refractivity (Wildman–Crippen MR) is 83.6 cm³/mol. The highest BCUT2D eigenvalue weighted by Crippen LogP contribution is 2.25. The molecular weight excluding hydrogens is 267 g/mol. The average Bonchev–Trinajstić information content (AvgIpc) is 2.47. The molecule has 1 heterocycles. The maximum Gasteiger partial charge on any atom is 0.127 e. The molecule has 1 aliphatic rings. The second kappa shape index (κ2) is 7.34. The van der Waals surface area contributed by atoms with Crippen LogP contribution in [0.3, 0.4) is 0 Å². The van der Waals surface area contributed by atoms with Crippen molar-refractivity contribution in [2.45, 2.75) is 45.4 Å². The quantitative estimate of drug-likeness (QED) is 0.907. The van der Waals surface area contributed by atoms with Crippen LogP contribution in [0.1, 0.15) is 38.8 Å². The molecular formula is C17H27FN2O. The first kappa shape index (κ1) is 16.4. The molecule has 0 saturated carbocycles. The predicted octanol–water partition coefficient (Wildman–Crippen LogP) is 2.96. The van der Waals surface area contributed by atoms with Gasteiger partial charge in [-0.2, -0.15) is 0 Å². The van der Waals surface area contributed by atoms with Crippen LogP contribution >= 0.6 is 0 Å². The summed E-state index contributed by atoms with van der Waals surface area (Å²) in [6, 6.07) is 6.98. The Kier molecular flexibility index (Phi) is 5.73. The Morgan fingerprint density at radius 1 is 1.43 bits per heavy atom. The zero-order valence-corrected chi connectivity index (χ0v) is 13.3. The smallest absolute Gasteiger partial charge is 0.127 e. The van der Waals surface area contributed by atoms with Crippen molar-refractivity contribution in [1.29, 1.82) is 0 Å². The van der Waals surface area contributed by atoms with Crippen molar-refractivity contribution >= 4 is 0 Å². The summed E-state index contributed by atoms with van der Waals surface area (Å²) in [5.74, 6) is -0.0134. The normalized spacial score (nSPS) is 26.5. The summed E-state index contributed by atoms with van der Waals surface area (Å²) in [4.78, 5) is 2.44. The second-order valence-electron chi connectivity index (χ2n) is 6.18. The molecule has 3 nitrogen and oxygen atoms in total. The summed E-state index contributed by atoms with van der Waals surface area (Å²) < 4.78 is 19.6. The van der Waals surface area contributed by atoms with Crippen molar-refractivity contribution < 1.29 is 9.13 Å². The topological polar surface area (TPSA) is 38.5 Å². The Morgan fingerprint density at radius 3 is 2.81 bits per heavy atom. The molecule has 118 valence electrons. The molecule has 1 fully saturated rings. The van der Waals surface area contributed by atoms with Gasteiger partial charge >= 0.3 is 0 Å². The van der Waals surface area contributed by atoms with Crippen molar-refractivity contribution in [2.75, 3.05) is 19.7 Å². The molecule has 1 aromatic rings. The van der Waals surface area contributed by atoms with Crippen molar-refractivity contribution in [3.8, 4) is 0 Å². The van der Waals surface area contributed by atoms with Crippen molar-refractivity contribution in [2.24, 2.45) is 11.7 Å². The van der Waals surface area contributed by atoms with Gasteiger partial charge in [-0.15, -0.1) is 0 Å². The first-order chi connectivity index (χ1) is 10.0. The summed E-state index contributed by atoms with van der Waals surface area (Å²) in [5.41, 5.74) is 6.89. The summed E-state index contributed by atoms with van der Waals surface area (Å²) in [6.45, 7) is 8.95. The van der Waals surface area contributed by atoms with E-state index in [9.17, 15) is 4.39 Å². The Labute approximate surface area is 127 Å². The number of ether oxygens (including phenoxy) is 1. The average molecular weight is 294 g/mol. The van der Waals surface area contributed by atoms with Gasteiger partial charge in [0.25, 0.3) is 0 Å². The fraction of sp³-hybridized carbons (Fsp3) is 0.647. The highest BCUT2D eigenvalue weighted by atomic mass is 19.1. The van der Waals surface area contributed by atoms with E-state index in [-0.39, 0.29) is 23.9 Å². The lowest BCUT2D eigenvalue weighted by Crippen LogP contribution is -2.50. The molecule has 1 aliphatic heterocycles. The van der Waals surface area contributed by atoms with Gasteiger partial charge in [-0.25, -0.2) is 4.39 Å². The number of morpholine rings is 1. The Hall–Kier alpha value is -0.970. The van der Waals surface area contributed by atoms with E-state index in [1.807, 2.05) is 6.07 Å². The third-order valence-corrected chi connectivity index (χ3v) is 4.45. The van der Waals surface area contributed by atoms with Crippen LogP contribution in [0, 0.1) is 11.7 Å². The summed E-state index contributed by atoms with van der Waals surface area (Å²) >= 11 is 0. The maximum absolute atomic E-state index is 13.9. The van der Waals surface area contributed by atoms with Crippen LogP contribution in [0.25, 0.3) is 0 Å². The molecule has 21 heavy (non-hydrogen) atoms. The molecule has 1 saturated heterocycles. The van der Waals surface area contributed by atoms with Gasteiger partial charge in [0.05, 0.1) is 12.7 Å². The SMILES string of the molecule is CCC1COC(C)CN1CC(C)C(N)c1ccccc1F. The van der Waals surface area contributed by atoms with Gasteiger partial charge in [-0.1, -0.05) is 32.0 Å². The summed E-state index contributed by atoms with van der Waals surface area (Å²) in [5, 5.41) is 0. The maximum atomic E-state index is 13.9. The number of hydrogen-bond donors (Lipinski definition) is 1. The minimum Gasteiger partial charge on any atom is -0.376 e. The molecule has 4 heteroatoms. The van der Waals surface area contributed by atoms with E-state index >= 15 is 0 Å². The molecule has 0 spiro atoms. The highest BCUT2D eigenvalue weighted by molar-refractivity contribution is 5.21. The van der Waals surface area contributed by atoms with E-state index in [0.717, 1.165) is 26.1 Å². The molecule has 0 aromatic heterocycles. The first-order valence-corrected chi connectivity index (χ1v) is 7.88. The van der Waals surface area contributed by atoms with Gasteiger partial charge in [0.2, 0.25) is 0 Å². The third-order valence-electron chi connectivity index (χ3n) is 4.45. The number of benzene rings is 1. The Bertz CT molecular complexity index is 454. The van der Waals surface area contributed by atoms with Crippen LogP contribution in [-0.2, 0) is 4.74 Å². The van der Waals surface area contributed by atoms with E-state index < -0.39 is 0 Å². The number of halogens is 1. The van der Waals surface area contributed by atoms with Crippen LogP contribution in [-0.4, -0.2) is 36.7 Å². The summed E-state index contributed by atoms with van der Waals surface area (Å²) in [7, 11) is 0. The van der Waals surface area contributed by atoms with Gasteiger partial charge in [0.1, 0.15) is 5.82 Å². The van der Waals surface area contributed by atoms with E-state index in [1.54, 1.807) is 12.1 Å². The molecule has 0 bridgehead atoms. The van der Waals surface area contributed by atoms with Crippen molar-refractivity contribution in [3.63, 3.8) is 0 Å². The zero-order chi connectivity index (χ0) is 15.4. The van der Waals surface area contributed by atoms with Crippen LogP contribution in [0.2, 0.25) is 0 Å². The van der Waals surface area contributed by atoms with Gasteiger partial charge < -0.3 is 10.5 Å². The molecule has 2 N–H and O–H groups in total. The first-order valence-electron chi connectivity index (χ1n) is 7.88. The van der Waals surface area contributed by atoms with Crippen LogP contribution in [0.15, 0.2) is 24.3 Å². The molecule has 0 aliphatic carbocycles. The minimum absolute atomic E-state index is 0.196. The third kappa shape index (κ3) is 4.02. The molecule has 1 aromatic carbocycles. The summed E-state index contributed by atoms with van der Waals surface area (Å²) in [6.07, 6.45) is 1.32. The van der Waals surface area contributed by atoms with Crippen molar-refractivity contribution in [1.82, 2.24) is 4.90 Å². The van der Waals surface area contributed by atoms with Crippen LogP contribution in [0.4, 0.5) is 4.39 Å². The minimum atomic E-state index is -0.276. The lowest BCUT2D eigenvalue weighted by molar-refractivity contribution is -0.0609. The van der Waals surface area contributed by atoms with Crippen LogP contribution in [0.5, 0.6) is 0 Å². The number of rotatable bonds is 5. The second-order valence-corrected chi connectivity index (χ2v) is 6.18. The largest absolute Gasteiger partial charge is 0.376 e. The van der Waals surface area contributed by atoms with Crippen molar-refractivity contribution in [3.05, 3.63) is 35.6 Å². The Morgan fingerprint density at radius 2 is 2.14 bits per heavy atom. The number of nitrogens with two attached hydrogens (primary N) is 1. The monoisotopic (exact) mass is 294 g/mol. The fourth-order valence-corrected chi connectivity index (χ4v) is 3.05. The van der Waals surface area contributed by atoms with E-state index in [4.69, 9.17) is 10.5 Å². The molecule has 4 atom stereocenters. The lowest BCUT2D eigenvalue weighted by atomic mass is 9.93. The van der Waals surface area contributed by atoms with E-state index in [2.05, 4.69) is 25.7 Å². The number of nitrogens with zero attached hydrogens (tertiary/aromatic N) is 1. The zero-order valence-electron chi connectivity index (χ0n) is 13.3. The molecule has 4 unspecified atom stereocenters. The molecule has 0 amide bonds. The van der Waals surface area contributed by atoms with Crippen LogP contribution < -0.4 is 5.73 Å². The van der Waals surface area contributed by atoms with E-state index in [0.29, 0.717) is 11.6 Å². The Balaban J connectivity index is 2.02. The molecule has 0 radical (unpaired) electrons. The fourth-order valence-electron chi connectivity index (χ4n) is 3.05. The standard InChI is InChI=1S/C17H27FN2O/c1-4-14-11-21-13(3)10-20(14)9-12(2)17(19)15-7-5-6-8-16(15)18/h5-8,12-14,17H,4,9-11,19H2,1-3H3. The van der Waals surface area contributed by atoms with Gasteiger partial charge in [-0.3, -0.25) is 4.90 Å². The van der Waals surface area contributed by atoms with Gasteiger partial charge in [0.15, 0.2) is 0 Å². The molecule has 2 rings (SSSR count). The number of hydrogen-bond acceptors (Lipinski definition) is 3. The van der Waals surface area contributed by atoms with E-state index in [1.165, 1.54) is 6.07 Å². The van der Waals surface area contributed by atoms with Gasteiger partial charge in [-0.05, 0) is 25.3 Å². The van der Waals surface area contributed by atoms with Gasteiger partial charge in [0, 0.05) is 30.7 Å². The highest BCUT2D eigenvalue weighted by Gasteiger charge is 2.28. The lowest BCUT2D eigenvalue weighted by Gasteiger charge is -2.40.